The Kier molecular flexibility index (Phi) is 4.54. The number of carbonyl (C=O) groups is 1. The zero-order chi connectivity index (χ0) is 14.0. The van der Waals surface area contributed by atoms with Crippen LogP contribution in [-0.2, 0) is 4.74 Å². The molecule has 0 spiro atoms. The van der Waals surface area contributed by atoms with Gasteiger partial charge in [0.25, 0.3) is 0 Å². The van der Waals surface area contributed by atoms with Crippen molar-refractivity contribution in [2.45, 2.75) is 38.2 Å². The highest BCUT2D eigenvalue weighted by atomic mass is 35.5. The van der Waals surface area contributed by atoms with E-state index in [1.165, 1.54) is 0 Å². The summed E-state index contributed by atoms with van der Waals surface area (Å²) in [4.78, 5) is 12.8. The second-order valence-corrected chi connectivity index (χ2v) is 6.18. The van der Waals surface area contributed by atoms with Gasteiger partial charge in [0.15, 0.2) is 5.78 Å². The molecule has 104 valence electrons. The van der Waals surface area contributed by atoms with E-state index in [0.29, 0.717) is 21.5 Å². The molecule has 19 heavy (non-hydrogen) atoms. The molecule has 0 heterocycles. The molecule has 2 rings (SSSR count). The van der Waals surface area contributed by atoms with Crippen molar-refractivity contribution in [1.82, 2.24) is 0 Å². The molecule has 0 saturated heterocycles. The summed E-state index contributed by atoms with van der Waals surface area (Å²) in [5.41, 5.74) is -0.272. The standard InChI is InChI=1S/C15H18Cl2O2/c1-10-5-7-15(19-2,8-6-10)14(18)12-9-11(16)3-4-13(12)17/h3-4,9-10H,5-8H2,1-2H3. The van der Waals surface area contributed by atoms with Crippen LogP contribution >= 0.6 is 23.2 Å². The summed E-state index contributed by atoms with van der Waals surface area (Å²) in [7, 11) is 1.60. The van der Waals surface area contributed by atoms with Crippen LogP contribution in [0.4, 0.5) is 0 Å². The number of methoxy groups -OCH3 is 1. The largest absolute Gasteiger partial charge is 0.370 e. The minimum absolute atomic E-state index is 0.0469. The molecule has 0 radical (unpaired) electrons. The summed E-state index contributed by atoms with van der Waals surface area (Å²) in [6, 6.07) is 4.97. The Morgan fingerprint density at radius 1 is 1.32 bits per heavy atom. The Bertz CT molecular complexity index is 477. The molecule has 4 heteroatoms. The number of hydrogen-bond acceptors (Lipinski definition) is 2. The average molecular weight is 301 g/mol. The molecular formula is C15H18Cl2O2. The number of hydrogen-bond donors (Lipinski definition) is 0. The van der Waals surface area contributed by atoms with E-state index in [9.17, 15) is 4.79 Å². The lowest BCUT2D eigenvalue weighted by Gasteiger charge is -2.37. The molecule has 0 aliphatic heterocycles. The zero-order valence-corrected chi connectivity index (χ0v) is 12.7. The molecule has 1 aromatic carbocycles. The van der Waals surface area contributed by atoms with Crippen molar-refractivity contribution in [3.8, 4) is 0 Å². The molecule has 0 bridgehead atoms. The number of Topliss-reactive ketones (excluding diaryl/α,β-unsaturated/α-hetero) is 1. The van der Waals surface area contributed by atoms with Gasteiger partial charge in [0.1, 0.15) is 5.60 Å². The molecule has 0 N–H and O–H groups in total. The first-order valence-corrected chi connectivity index (χ1v) is 7.29. The van der Waals surface area contributed by atoms with Crippen LogP contribution < -0.4 is 0 Å². The van der Waals surface area contributed by atoms with Crippen molar-refractivity contribution in [1.29, 1.82) is 0 Å². The van der Waals surface area contributed by atoms with Gasteiger partial charge in [0, 0.05) is 17.7 Å². The van der Waals surface area contributed by atoms with E-state index in [1.54, 1.807) is 25.3 Å². The molecule has 0 unspecified atom stereocenters. The quantitative estimate of drug-likeness (QED) is 0.752. The maximum atomic E-state index is 12.8. The van der Waals surface area contributed by atoms with Gasteiger partial charge < -0.3 is 4.74 Å². The van der Waals surface area contributed by atoms with Crippen molar-refractivity contribution in [2.75, 3.05) is 7.11 Å². The van der Waals surface area contributed by atoms with Crippen LogP contribution in [0.2, 0.25) is 10.0 Å². The van der Waals surface area contributed by atoms with Gasteiger partial charge in [-0.15, -0.1) is 0 Å². The van der Waals surface area contributed by atoms with E-state index in [2.05, 4.69) is 6.92 Å². The molecule has 0 amide bonds. The van der Waals surface area contributed by atoms with Crippen molar-refractivity contribution in [2.24, 2.45) is 5.92 Å². The van der Waals surface area contributed by atoms with Gasteiger partial charge in [0.2, 0.25) is 0 Å². The second-order valence-electron chi connectivity index (χ2n) is 5.33. The Morgan fingerprint density at radius 3 is 2.53 bits per heavy atom. The lowest BCUT2D eigenvalue weighted by atomic mass is 9.75. The zero-order valence-electron chi connectivity index (χ0n) is 11.2. The van der Waals surface area contributed by atoms with Crippen LogP contribution in [-0.4, -0.2) is 18.5 Å². The number of halogens is 2. The molecule has 1 saturated carbocycles. The average Bonchev–Trinajstić information content (AvgIpc) is 2.42. The third kappa shape index (κ3) is 2.96. The van der Waals surface area contributed by atoms with E-state index >= 15 is 0 Å². The molecule has 0 aromatic heterocycles. The van der Waals surface area contributed by atoms with Gasteiger partial charge in [-0.3, -0.25) is 4.79 Å². The number of benzene rings is 1. The van der Waals surface area contributed by atoms with Crippen LogP contribution in [0.5, 0.6) is 0 Å². The summed E-state index contributed by atoms with van der Waals surface area (Å²) in [5.74, 6) is 0.598. The van der Waals surface area contributed by atoms with E-state index in [1.807, 2.05) is 0 Å². The third-order valence-electron chi connectivity index (χ3n) is 4.06. The number of rotatable bonds is 3. The van der Waals surface area contributed by atoms with Gasteiger partial charge in [-0.1, -0.05) is 30.1 Å². The fourth-order valence-electron chi connectivity index (χ4n) is 2.67. The summed E-state index contributed by atoms with van der Waals surface area (Å²) in [6.07, 6.45) is 3.48. The van der Waals surface area contributed by atoms with E-state index in [4.69, 9.17) is 27.9 Å². The predicted molar refractivity (Wildman–Crippen MR) is 78.2 cm³/mol. The van der Waals surface area contributed by atoms with Crippen LogP contribution in [0.15, 0.2) is 18.2 Å². The topological polar surface area (TPSA) is 26.3 Å². The Balaban J connectivity index is 2.33. The van der Waals surface area contributed by atoms with Gasteiger partial charge in [0.05, 0.1) is 5.02 Å². The number of ketones is 1. The highest BCUT2D eigenvalue weighted by Gasteiger charge is 2.42. The molecule has 1 aliphatic carbocycles. The molecule has 1 aromatic rings. The maximum absolute atomic E-state index is 12.8. The highest BCUT2D eigenvalue weighted by Crippen LogP contribution is 2.38. The molecular weight excluding hydrogens is 283 g/mol. The van der Waals surface area contributed by atoms with E-state index in [0.717, 1.165) is 25.7 Å². The Labute approximate surface area is 124 Å². The minimum Gasteiger partial charge on any atom is -0.370 e. The lowest BCUT2D eigenvalue weighted by Crippen LogP contribution is -2.44. The molecule has 1 fully saturated rings. The van der Waals surface area contributed by atoms with Crippen molar-refractivity contribution in [3.63, 3.8) is 0 Å². The van der Waals surface area contributed by atoms with Crippen LogP contribution in [0, 0.1) is 5.92 Å². The van der Waals surface area contributed by atoms with Gasteiger partial charge in [-0.25, -0.2) is 0 Å². The first-order chi connectivity index (χ1) is 8.98. The predicted octanol–water partition coefficient (Wildman–Crippen LogP) is 4.77. The number of ether oxygens (including phenoxy) is 1. The smallest absolute Gasteiger partial charge is 0.196 e. The first kappa shape index (κ1) is 14.8. The maximum Gasteiger partial charge on any atom is 0.196 e. The van der Waals surface area contributed by atoms with Crippen LogP contribution in [0.3, 0.4) is 0 Å². The SMILES string of the molecule is COC1(C(=O)c2cc(Cl)ccc2Cl)CCC(C)CC1. The summed E-state index contributed by atoms with van der Waals surface area (Å²) in [6.45, 7) is 2.20. The fraction of sp³-hybridized carbons (Fsp3) is 0.533. The Hall–Kier alpha value is -0.570. The van der Waals surface area contributed by atoms with Crippen molar-refractivity contribution < 1.29 is 9.53 Å². The van der Waals surface area contributed by atoms with Gasteiger partial charge in [-0.2, -0.15) is 0 Å². The van der Waals surface area contributed by atoms with Crippen LogP contribution in [0.25, 0.3) is 0 Å². The summed E-state index contributed by atoms with van der Waals surface area (Å²) in [5, 5.41) is 0.952. The molecule has 1 aliphatic rings. The van der Waals surface area contributed by atoms with Crippen LogP contribution in [0.1, 0.15) is 43.0 Å². The normalized spacial score (nSPS) is 27.3. The monoisotopic (exact) mass is 300 g/mol. The second kappa shape index (κ2) is 5.82. The summed E-state index contributed by atoms with van der Waals surface area (Å²) < 4.78 is 5.59. The first-order valence-electron chi connectivity index (χ1n) is 6.53. The molecule has 2 nitrogen and oxygen atoms in total. The lowest BCUT2D eigenvalue weighted by molar-refractivity contribution is -0.0263. The summed E-state index contributed by atoms with van der Waals surface area (Å²) >= 11 is 12.1. The Morgan fingerprint density at radius 2 is 1.95 bits per heavy atom. The van der Waals surface area contributed by atoms with Gasteiger partial charge in [-0.05, 0) is 49.8 Å². The molecule has 0 atom stereocenters. The minimum atomic E-state index is -0.735. The number of carbonyl (C=O) groups excluding carboxylic acids is 1. The third-order valence-corrected chi connectivity index (χ3v) is 4.62. The van der Waals surface area contributed by atoms with Crippen molar-refractivity contribution >= 4 is 29.0 Å². The van der Waals surface area contributed by atoms with E-state index in [-0.39, 0.29) is 5.78 Å². The van der Waals surface area contributed by atoms with Crippen molar-refractivity contribution in [3.05, 3.63) is 33.8 Å². The highest BCUT2D eigenvalue weighted by molar-refractivity contribution is 6.36. The fourth-order valence-corrected chi connectivity index (χ4v) is 3.04. The van der Waals surface area contributed by atoms with Gasteiger partial charge >= 0.3 is 0 Å². The van der Waals surface area contributed by atoms with E-state index < -0.39 is 5.60 Å².